The Morgan fingerprint density at radius 3 is 2.48 bits per heavy atom. The molecule has 33 heavy (non-hydrogen) atoms. The van der Waals surface area contributed by atoms with Gasteiger partial charge in [-0.25, -0.2) is 0 Å². The van der Waals surface area contributed by atoms with Crippen LogP contribution in [-0.4, -0.2) is 47.2 Å². The van der Waals surface area contributed by atoms with E-state index in [-0.39, 0.29) is 5.41 Å². The van der Waals surface area contributed by atoms with Crippen LogP contribution in [0.2, 0.25) is 0 Å². The lowest BCUT2D eigenvalue weighted by Crippen LogP contribution is -2.38. The topological polar surface area (TPSA) is 96.5 Å². The Labute approximate surface area is 197 Å². The van der Waals surface area contributed by atoms with Crippen LogP contribution in [0.3, 0.4) is 0 Å². The van der Waals surface area contributed by atoms with Crippen molar-refractivity contribution in [1.82, 2.24) is 5.32 Å². The number of hydrogen-bond donors (Lipinski definition) is 4. The predicted molar refractivity (Wildman–Crippen MR) is 130 cm³/mol. The lowest BCUT2D eigenvalue weighted by atomic mass is 9.61. The number of nitrogens with zero attached hydrogens (tertiary/aromatic N) is 1. The molecule has 1 aromatic carbocycles. The highest BCUT2D eigenvalue weighted by Crippen LogP contribution is 2.60. The van der Waals surface area contributed by atoms with Crippen molar-refractivity contribution in [2.75, 3.05) is 14.1 Å². The molecular weight excluding hydrogens is 412 g/mol. The van der Waals surface area contributed by atoms with Gasteiger partial charge in [0.1, 0.15) is 0 Å². The maximum Gasteiger partial charge on any atom is 0.0991 e. The minimum absolute atomic E-state index is 0.164. The molecule has 5 heteroatoms. The summed E-state index contributed by atoms with van der Waals surface area (Å²) in [7, 11) is 3.75. The zero-order valence-corrected chi connectivity index (χ0v) is 19.9. The van der Waals surface area contributed by atoms with Crippen LogP contribution in [0.1, 0.15) is 63.0 Å². The summed E-state index contributed by atoms with van der Waals surface area (Å²) in [6, 6.07) is 9.93. The summed E-state index contributed by atoms with van der Waals surface area (Å²) in [5, 5.41) is 44.5. The maximum absolute atomic E-state index is 11.3. The quantitative estimate of drug-likeness (QED) is 0.523. The normalized spacial score (nSPS) is 35.0. The first kappa shape index (κ1) is 23.9. The van der Waals surface area contributed by atoms with Gasteiger partial charge in [0.05, 0.1) is 29.4 Å². The van der Waals surface area contributed by atoms with Crippen LogP contribution in [0.4, 0.5) is 0 Å². The van der Waals surface area contributed by atoms with Crippen molar-refractivity contribution in [2.45, 2.75) is 69.7 Å². The third-order valence-electron chi connectivity index (χ3n) is 8.12. The van der Waals surface area contributed by atoms with Gasteiger partial charge < -0.3 is 20.6 Å². The van der Waals surface area contributed by atoms with Gasteiger partial charge in [-0.3, -0.25) is 0 Å². The molecule has 0 amide bonds. The number of benzene rings is 1. The van der Waals surface area contributed by atoms with E-state index in [4.69, 9.17) is 5.26 Å². The van der Waals surface area contributed by atoms with Crippen LogP contribution < -0.4 is 5.32 Å². The summed E-state index contributed by atoms with van der Waals surface area (Å²) in [6.07, 6.45) is 8.10. The average Bonchev–Trinajstić information content (AvgIpc) is 3.04. The van der Waals surface area contributed by atoms with Gasteiger partial charge in [0.15, 0.2) is 0 Å². The molecule has 4 unspecified atom stereocenters. The second-order valence-corrected chi connectivity index (χ2v) is 10.3. The molecule has 0 bridgehead atoms. The summed E-state index contributed by atoms with van der Waals surface area (Å²) in [4.78, 5) is 0. The minimum atomic E-state index is -0.853. The second-order valence-electron chi connectivity index (χ2n) is 10.3. The van der Waals surface area contributed by atoms with E-state index in [0.29, 0.717) is 43.6 Å². The fourth-order valence-corrected chi connectivity index (χ4v) is 6.42. The molecule has 4 aliphatic carbocycles. The molecule has 5 nitrogen and oxygen atoms in total. The standard InChI is InChI=1S/C26H29NO3.C2H7N/c1-25-14-24(29)21-13-18-12-19(28)8-10-26(18,30)11-9-20(21)23(25)7-6-22(25)17-4-2-16(15-27)3-5-17;1-3-2/h2-6,13,19,23-24,28-30H,7-12,14H2,1H3;3H,1-2H3/t19?,23?,24?,25?,26-;/m0./s1. The molecule has 4 N–H and O–H groups in total. The van der Waals surface area contributed by atoms with Gasteiger partial charge >= 0.3 is 0 Å². The van der Waals surface area contributed by atoms with Crippen LogP contribution in [0, 0.1) is 22.7 Å². The van der Waals surface area contributed by atoms with E-state index < -0.39 is 17.8 Å². The first-order valence-corrected chi connectivity index (χ1v) is 12.1. The van der Waals surface area contributed by atoms with Gasteiger partial charge in [-0.05, 0) is 99.4 Å². The Morgan fingerprint density at radius 1 is 1.12 bits per heavy atom. The molecular formula is C28H36N2O3. The van der Waals surface area contributed by atoms with E-state index in [2.05, 4.69) is 24.4 Å². The van der Waals surface area contributed by atoms with E-state index in [1.165, 1.54) is 11.1 Å². The van der Waals surface area contributed by atoms with Gasteiger partial charge in [-0.2, -0.15) is 5.26 Å². The van der Waals surface area contributed by atoms with E-state index in [0.717, 1.165) is 29.6 Å². The molecule has 0 aliphatic heterocycles. The largest absolute Gasteiger partial charge is 0.393 e. The molecule has 1 saturated carbocycles. The van der Waals surface area contributed by atoms with Crippen molar-refractivity contribution in [1.29, 1.82) is 5.26 Å². The Balaban J connectivity index is 0.000000821. The van der Waals surface area contributed by atoms with E-state index in [1.807, 2.05) is 44.4 Å². The van der Waals surface area contributed by atoms with Crippen molar-refractivity contribution in [3.63, 3.8) is 0 Å². The number of fused-ring (bicyclic) bond motifs is 3. The average molecular weight is 449 g/mol. The molecule has 0 saturated heterocycles. The van der Waals surface area contributed by atoms with Crippen LogP contribution in [-0.2, 0) is 0 Å². The Morgan fingerprint density at radius 2 is 1.82 bits per heavy atom. The monoisotopic (exact) mass is 448 g/mol. The van der Waals surface area contributed by atoms with Crippen LogP contribution >= 0.6 is 0 Å². The second kappa shape index (κ2) is 9.19. The molecule has 1 fully saturated rings. The van der Waals surface area contributed by atoms with E-state index >= 15 is 0 Å². The van der Waals surface area contributed by atoms with Gasteiger partial charge in [0.2, 0.25) is 0 Å². The zero-order valence-electron chi connectivity index (χ0n) is 19.9. The van der Waals surface area contributed by atoms with Crippen LogP contribution in [0.25, 0.3) is 5.57 Å². The van der Waals surface area contributed by atoms with E-state index in [1.54, 1.807) is 0 Å². The highest BCUT2D eigenvalue weighted by molar-refractivity contribution is 5.74. The predicted octanol–water partition coefficient (Wildman–Crippen LogP) is 3.86. The highest BCUT2D eigenvalue weighted by atomic mass is 16.3. The van der Waals surface area contributed by atoms with Crippen molar-refractivity contribution in [2.24, 2.45) is 11.3 Å². The third kappa shape index (κ3) is 4.22. The number of allylic oxidation sites excluding steroid dienone is 3. The first-order chi connectivity index (χ1) is 15.8. The molecule has 0 heterocycles. The molecule has 5 rings (SSSR count). The summed E-state index contributed by atoms with van der Waals surface area (Å²) in [6.45, 7) is 2.26. The molecule has 4 aliphatic rings. The maximum atomic E-state index is 11.3. The molecule has 5 atom stereocenters. The molecule has 176 valence electrons. The molecule has 0 spiro atoms. The summed E-state index contributed by atoms with van der Waals surface area (Å²) < 4.78 is 0. The van der Waals surface area contributed by atoms with Crippen molar-refractivity contribution in [3.05, 3.63) is 64.3 Å². The SMILES string of the molecule is CC12CC(O)C3=C(CC[C@@]4(O)CCC(O)CC4=C3)C1CC=C2c1ccc(C#N)cc1.CNC. The molecule has 1 aromatic rings. The number of nitrogens with one attached hydrogen (secondary N) is 1. The smallest absolute Gasteiger partial charge is 0.0991 e. The van der Waals surface area contributed by atoms with Crippen molar-refractivity contribution >= 4 is 5.57 Å². The fraction of sp³-hybridized carbons (Fsp3) is 0.536. The number of aliphatic hydroxyl groups is 3. The lowest BCUT2D eigenvalue weighted by molar-refractivity contribution is 0.00863. The van der Waals surface area contributed by atoms with Gasteiger partial charge in [0.25, 0.3) is 0 Å². The minimum Gasteiger partial charge on any atom is -0.393 e. The summed E-state index contributed by atoms with van der Waals surface area (Å²) in [5.74, 6) is 0.312. The Hall–Kier alpha value is -2.23. The number of hydrogen-bond acceptors (Lipinski definition) is 5. The van der Waals surface area contributed by atoms with E-state index in [9.17, 15) is 15.3 Å². The number of aliphatic hydroxyl groups excluding tert-OH is 2. The van der Waals surface area contributed by atoms with Gasteiger partial charge in [0, 0.05) is 5.41 Å². The fourth-order valence-electron chi connectivity index (χ4n) is 6.42. The molecule has 0 radical (unpaired) electrons. The first-order valence-electron chi connectivity index (χ1n) is 12.1. The number of rotatable bonds is 1. The van der Waals surface area contributed by atoms with Gasteiger partial charge in [-0.15, -0.1) is 0 Å². The number of nitriles is 1. The van der Waals surface area contributed by atoms with Gasteiger partial charge in [-0.1, -0.05) is 36.8 Å². The van der Waals surface area contributed by atoms with Crippen molar-refractivity contribution < 1.29 is 15.3 Å². The molecule has 0 aromatic heterocycles. The van der Waals surface area contributed by atoms with Crippen LogP contribution in [0.5, 0.6) is 0 Å². The van der Waals surface area contributed by atoms with Crippen molar-refractivity contribution in [3.8, 4) is 6.07 Å². The zero-order chi connectivity index (χ0) is 23.8. The summed E-state index contributed by atoms with van der Waals surface area (Å²) >= 11 is 0. The summed E-state index contributed by atoms with van der Waals surface area (Å²) in [5.41, 5.74) is 5.17. The third-order valence-corrected chi connectivity index (χ3v) is 8.12. The van der Waals surface area contributed by atoms with Crippen LogP contribution in [0.15, 0.2) is 53.1 Å². The highest BCUT2D eigenvalue weighted by Gasteiger charge is 2.50. The Kier molecular flexibility index (Phi) is 6.66. The Bertz CT molecular complexity index is 1030. The lowest BCUT2D eigenvalue weighted by Gasteiger charge is -2.43.